The van der Waals surface area contributed by atoms with Crippen molar-refractivity contribution in [2.24, 2.45) is 0 Å². The molecule has 0 saturated heterocycles. The molecule has 0 spiro atoms. The Morgan fingerprint density at radius 1 is 1.00 bits per heavy atom. The first-order valence-corrected chi connectivity index (χ1v) is 9.78. The van der Waals surface area contributed by atoms with Crippen LogP contribution < -0.4 is 4.72 Å². The number of benzene rings is 3. The lowest BCUT2D eigenvalue weighted by Crippen LogP contribution is -2.29. The lowest BCUT2D eigenvalue weighted by Gasteiger charge is -2.15. The van der Waals surface area contributed by atoms with Gasteiger partial charge in [0.1, 0.15) is 0 Å². The van der Waals surface area contributed by atoms with E-state index in [-0.39, 0.29) is 12.3 Å². The lowest BCUT2D eigenvalue weighted by molar-refractivity contribution is 0.183. The number of aliphatic hydroxyl groups is 1. The number of aliphatic hydroxyl groups excluding tert-OH is 1. The molecule has 0 aliphatic heterocycles. The normalized spacial score (nSPS) is 13.0. The van der Waals surface area contributed by atoms with Gasteiger partial charge in [0, 0.05) is 6.54 Å². The zero-order valence-corrected chi connectivity index (χ0v) is 14.8. The molecule has 0 heterocycles. The van der Waals surface area contributed by atoms with Crippen molar-refractivity contribution < 1.29 is 13.5 Å². The highest BCUT2D eigenvalue weighted by Gasteiger charge is 2.16. The molecule has 3 aromatic carbocycles. The van der Waals surface area contributed by atoms with Crippen LogP contribution in [0.25, 0.3) is 10.8 Å². The number of sulfonamides is 1. The summed E-state index contributed by atoms with van der Waals surface area (Å²) in [6.45, 7) is 1.87. The minimum absolute atomic E-state index is 0.0534. The Balaban J connectivity index is 1.71. The van der Waals surface area contributed by atoms with Gasteiger partial charge >= 0.3 is 0 Å². The van der Waals surface area contributed by atoms with Gasteiger partial charge in [-0.25, -0.2) is 13.1 Å². The predicted molar refractivity (Wildman–Crippen MR) is 101 cm³/mol. The summed E-state index contributed by atoms with van der Waals surface area (Å²) in [6, 6.07) is 20.8. The Kier molecular flexibility index (Phi) is 5.18. The molecule has 3 aromatic rings. The highest BCUT2D eigenvalue weighted by atomic mass is 32.2. The van der Waals surface area contributed by atoms with E-state index in [0.717, 1.165) is 27.5 Å². The molecule has 0 aromatic heterocycles. The summed E-state index contributed by atoms with van der Waals surface area (Å²) in [4.78, 5) is 0. The van der Waals surface area contributed by atoms with Crippen molar-refractivity contribution in [1.82, 2.24) is 4.72 Å². The third kappa shape index (κ3) is 4.45. The standard InChI is InChI=1S/C20H21NO3S/c1-15-6-4-7-16(12-15)14-25(23,24)21-13-20(22)19-11-5-9-17-8-2-3-10-18(17)19/h2-12,20-22H,13-14H2,1H3. The fourth-order valence-electron chi connectivity index (χ4n) is 2.93. The van der Waals surface area contributed by atoms with Crippen molar-refractivity contribution >= 4 is 20.8 Å². The van der Waals surface area contributed by atoms with E-state index in [1.807, 2.05) is 67.6 Å². The maximum atomic E-state index is 12.3. The van der Waals surface area contributed by atoms with Crippen LogP contribution in [0, 0.1) is 6.92 Å². The zero-order valence-electron chi connectivity index (χ0n) is 14.0. The second kappa shape index (κ2) is 7.35. The van der Waals surface area contributed by atoms with Crippen molar-refractivity contribution in [3.63, 3.8) is 0 Å². The highest BCUT2D eigenvalue weighted by Crippen LogP contribution is 2.24. The van der Waals surface area contributed by atoms with Crippen LogP contribution in [-0.2, 0) is 15.8 Å². The fourth-order valence-corrected chi connectivity index (χ4v) is 4.06. The SMILES string of the molecule is Cc1cccc(CS(=O)(=O)NCC(O)c2cccc3ccccc23)c1. The minimum Gasteiger partial charge on any atom is -0.387 e. The number of fused-ring (bicyclic) bond motifs is 1. The molecule has 0 bridgehead atoms. The maximum Gasteiger partial charge on any atom is 0.215 e. The summed E-state index contributed by atoms with van der Waals surface area (Å²) in [5, 5.41) is 12.4. The van der Waals surface area contributed by atoms with E-state index in [1.54, 1.807) is 6.07 Å². The van der Waals surface area contributed by atoms with Crippen molar-refractivity contribution in [1.29, 1.82) is 0 Å². The summed E-state index contributed by atoms with van der Waals surface area (Å²) >= 11 is 0. The van der Waals surface area contributed by atoms with E-state index in [0.29, 0.717) is 0 Å². The van der Waals surface area contributed by atoms with Gasteiger partial charge in [-0.2, -0.15) is 0 Å². The smallest absolute Gasteiger partial charge is 0.215 e. The Morgan fingerprint density at radius 2 is 1.72 bits per heavy atom. The van der Waals surface area contributed by atoms with Crippen molar-refractivity contribution in [2.75, 3.05) is 6.54 Å². The average molecular weight is 355 g/mol. The molecule has 0 saturated carbocycles. The van der Waals surface area contributed by atoms with Gasteiger partial charge in [-0.3, -0.25) is 0 Å². The van der Waals surface area contributed by atoms with Gasteiger partial charge in [-0.05, 0) is 28.8 Å². The van der Waals surface area contributed by atoms with Crippen molar-refractivity contribution in [3.8, 4) is 0 Å². The van der Waals surface area contributed by atoms with Gasteiger partial charge in [-0.15, -0.1) is 0 Å². The van der Waals surface area contributed by atoms with Crippen LogP contribution in [0.4, 0.5) is 0 Å². The minimum atomic E-state index is -3.52. The quantitative estimate of drug-likeness (QED) is 0.713. The largest absolute Gasteiger partial charge is 0.387 e. The molecule has 5 heteroatoms. The van der Waals surface area contributed by atoms with E-state index in [9.17, 15) is 13.5 Å². The Morgan fingerprint density at radius 3 is 2.52 bits per heavy atom. The third-order valence-electron chi connectivity index (χ3n) is 4.12. The molecule has 130 valence electrons. The maximum absolute atomic E-state index is 12.3. The number of aryl methyl sites for hydroxylation is 1. The monoisotopic (exact) mass is 355 g/mol. The molecule has 0 fully saturated rings. The molecule has 1 unspecified atom stereocenters. The third-order valence-corrected chi connectivity index (χ3v) is 5.44. The molecular weight excluding hydrogens is 334 g/mol. The molecule has 25 heavy (non-hydrogen) atoms. The number of rotatable bonds is 6. The first kappa shape index (κ1) is 17.6. The van der Waals surface area contributed by atoms with E-state index in [1.165, 1.54) is 0 Å². The van der Waals surface area contributed by atoms with E-state index >= 15 is 0 Å². The molecule has 0 aliphatic rings. The van der Waals surface area contributed by atoms with Gasteiger partial charge in [-0.1, -0.05) is 72.3 Å². The molecule has 0 amide bonds. The lowest BCUT2D eigenvalue weighted by atomic mass is 10.0. The van der Waals surface area contributed by atoms with Crippen LogP contribution in [-0.4, -0.2) is 20.1 Å². The summed E-state index contributed by atoms with van der Waals surface area (Å²) in [5.41, 5.74) is 2.46. The van der Waals surface area contributed by atoms with Crippen molar-refractivity contribution in [3.05, 3.63) is 83.4 Å². The molecule has 0 radical (unpaired) electrons. The summed E-state index contributed by atoms with van der Waals surface area (Å²) < 4.78 is 27.1. The number of hydrogen-bond acceptors (Lipinski definition) is 3. The van der Waals surface area contributed by atoms with Gasteiger partial charge in [0.2, 0.25) is 10.0 Å². The Hall–Kier alpha value is -2.21. The highest BCUT2D eigenvalue weighted by molar-refractivity contribution is 7.88. The Bertz CT molecular complexity index is 978. The van der Waals surface area contributed by atoms with E-state index in [4.69, 9.17) is 0 Å². The molecule has 0 aliphatic carbocycles. The fraction of sp³-hybridized carbons (Fsp3) is 0.200. The van der Waals surface area contributed by atoms with Crippen LogP contribution in [0.5, 0.6) is 0 Å². The number of hydrogen-bond donors (Lipinski definition) is 2. The molecule has 4 nitrogen and oxygen atoms in total. The van der Waals surface area contributed by atoms with Crippen LogP contribution in [0.2, 0.25) is 0 Å². The first-order chi connectivity index (χ1) is 11.9. The van der Waals surface area contributed by atoms with Crippen LogP contribution in [0.15, 0.2) is 66.7 Å². The molecule has 2 N–H and O–H groups in total. The molecule has 1 atom stereocenters. The topological polar surface area (TPSA) is 66.4 Å². The Labute approximate surface area is 148 Å². The van der Waals surface area contributed by atoms with E-state index < -0.39 is 16.1 Å². The second-order valence-corrected chi connectivity index (χ2v) is 7.99. The summed E-state index contributed by atoms with van der Waals surface area (Å²) in [6.07, 6.45) is -0.904. The van der Waals surface area contributed by atoms with Crippen LogP contribution in [0.3, 0.4) is 0 Å². The van der Waals surface area contributed by atoms with Crippen LogP contribution in [0.1, 0.15) is 22.8 Å². The predicted octanol–water partition coefficient (Wildman–Crippen LogP) is 3.30. The second-order valence-electron chi connectivity index (χ2n) is 6.18. The summed E-state index contributed by atoms with van der Waals surface area (Å²) in [5.74, 6) is -0.100. The molecule has 3 rings (SSSR count). The van der Waals surface area contributed by atoms with Gasteiger partial charge in [0.15, 0.2) is 0 Å². The van der Waals surface area contributed by atoms with Gasteiger partial charge in [0.05, 0.1) is 11.9 Å². The number of nitrogens with one attached hydrogen (secondary N) is 1. The van der Waals surface area contributed by atoms with Gasteiger partial charge in [0.25, 0.3) is 0 Å². The van der Waals surface area contributed by atoms with Gasteiger partial charge < -0.3 is 5.11 Å². The van der Waals surface area contributed by atoms with E-state index in [2.05, 4.69) is 4.72 Å². The zero-order chi connectivity index (χ0) is 17.9. The first-order valence-electron chi connectivity index (χ1n) is 8.13. The van der Waals surface area contributed by atoms with Crippen molar-refractivity contribution in [2.45, 2.75) is 18.8 Å². The van der Waals surface area contributed by atoms with Crippen LogP contribution >= 0.6 is 0 Å². The molecular formula is C20H21NO3S. The average Bonchev–Trinajstić information content (AvgIpc) is 2.59. The summed E-state index contributed by atoms with van der Waals surface area (Å²) in [7, 11) is -3.52.